The SMILES string of the molecule is C=CCOCc1cc2c(C(=O)OC)cc(OC)c(OC)c2o1. The summed E-state index contributed by atoms with van der Waals surface area (Å²) >= 11 is 0. The Bertz CT molecular complexity index is 685. The van der Waals surface area contributed by atoms with E-state index in [1.54, 1.807) is 18.2 Å². The fraction of sp³-hybridized carbons (Fsp3) is 0.312. The number of carbonyl (C=O) groups excluding carboxylic acids is 1. The summed E-state index contributed by atoms with van der Waals surface area (Å²) in [6, 6.07) is 3.30. The Labute approximate surface area is 128 Å². The molecule has 0 aliphatic rings. The molecular weight excluding hydrogens is 288 g/mol. The maximum atomic E-state index is 12.0. The molecule has 1 heterocycles. The maximum absolute atomic E-state index is 12.0. The van der Waals surface area contributed by atoms with Crippen LogP contribution in [0.1, 0.15) is 16.1 Å². The first kappa shape index (κ1) is 15.9. The van der Waals surface area contributed by atoms with Crippen LogP contribution in [0, 0.1) is 0 Å². The zero-order valence-electron chi connectivity index (χ0n) is 12.8. The van der Waals surface area contributed by atoms with Gasteiger partial charge in [-0.2, -0.15) is 0 Å². The lowest BCUT2D eigenvalue weighted by atomic mass is 10.1. The lowest BCUT2D eigenvalue weighted by molar-refractivity contribution is 0.0602. The zero-order chi connectivity index (χ0) is 16.1. The van der Waals surface area contributed by atoms with Crippen molar-refractivity contribution in [2.75, 3.05) is 27.9 Å². The van der Waals surface area contributed by atoms with Gasteiger partial charge in [0, 0.05) is 5.39 Å². The molecule has 0 saturated carbocycles. The van der Waals surface area contributed by atoms with Crippen LogP contribution in [0.15, 0.2) is 29.2 Å². The Morgan fingerprint density at radius 2 is 2.05 bits per heavy atom. The Kier molecular flexibility index (Phi) is 5.06. The molecular formula is C16H18O6. The Hall–Kier alpha value is -2.47. The molecule has 2 aromatic rings. The van der Waals surface area contributed by atoms with E-state index in [4.69, 9.17) is 23.4 Å². The molecule has 0 aliphatic carbocycles. The number of ether oxygens (including phenoxy) is 4. The van der Waals surface area contributed by atoms with Crippen molar-refractivity contribution in [3.63, 3.8) is 0 Å². The van der Waals surface area contributed by atoms with Gasteiger partial charge in [0.2, 0.25) is 5.75 Å². The molecule has 6 heteroatoms. The van der Waals surface area contributed by atoms with Gasteiger partial charge in [0.05, 0.1) is 33.5 Å². The van der Waals surface area contributed by atoms with Gasteiger partial charge in [0.1, 0.15) is 12.4 Å². The Morgan fingerprint density at radius 3 is 2.64 bits per heavy atom. The van der Waals surface area contributed by atoms with E-state index in [-0.39, 0.29) is 6.61 Å². The second kappa shape index (κ2) is 7.00. The summed E-state index contributed by atoms with van der Waals surface area (Å²) in [6.07, 6.45) is 1.64. The minimum Gasteiger partial charge on any atom is -0.493 e. The van der Waals surface area contributed by atoms with E-state index in [1.807, 2.05) is 0 Å². The highest BCUT2D eigenvalue weighted by molar-refractivity contribution is 6.06. The molecule has 0 atom stereocenters. The van der Waals surface area contributed by atoms with Gasteiger partial charge >= 0.3 is 5.97 Å². The molecule has 0 spiro atoms. The fourth-order valence-electron chi connectivity index (χ4n) is 2.13. The molecule has 1 aromatic heterocycles. The molecule has 0 aliphatic heterocycles. The lowest BCUT2D eigenvalue weighted by Gasteiger charge is -2.10. The number of hydrogen-bond acceptors (Lipinski definition) is 6. The topological polar surface area (TPSA) is 67.1 Å². The molecule has 0 N–H and O–H groups in total. The van der Waals surface area contributed by atoms with Crippen molar-refractivity contribution in [3.8, 4) is 11.5 Å². The number of methoxy groups -OCH3 is 3. The molecule has 0 unspecified atom stereocenters. The van der Waals surface area contributed by atoms with Crippen LogP contribution < -0.4 is 9.47 Å². The van der Waals surface area contributed by atoms with Crippen LogP contribution in [0.2, 0.25) is 0 Å². The smallest absolute Gasteiger partial charge is 0.338 e. The number of esters is 1. The number of hydrogen-bond donors (Lipinski definition) is 0. The van der Waals surface area contributed by atoms with E-state index in [2.05, 4.69) is 6.58 Å². The summed E-state index contributed by atoms with van der Waals surface area (Å²) in [5, 5.41) is 0.585. The van der Waals surface area contributed by atoms with E-state index in [0.717, 1.165) is 0 Å². The summed E-state index contributed by atoms with van der Waals surface area (Å²) in [4.78, 5) is 12.0. The minimum atomic E-state index is -0.481. The predicted molar refractivity (Wildman–Crippen MR) is 80.5 cm³/mol. The summed E-state index contributed by atoms with van der Waals surface area (Å²) in [6.45, 7) is 4.24. The van der Waals surface area contributed by atoms with Crippen molar-refractivity contribution in [1.82, 2.24) is 0 Å². The van der Waals surface area contributed by atoms with E-state index in [0.29, 0.717) is 40.4 Å². The normalized spacial score (nSPS) is 10.5. The monoisotopic (exact) mass is 306 g/mol. The highest BCUT2D eigenvalue weighted by atomic mass is 16.5. The third-order valence-corrected chi connectivity index (χ3v) is 3.09. The number of benzene rings is 1. The maximum Gasteiger partial charge on any atom is 0.338 e. The first-order chi connectivity index (χ1) is 10.7. The van der Waals surface area contributed by atoms with Crippen LogP contribution in [0.3, 0.4) is 0 Å². The fourth-order valence-corrected chi connectivity index (χ4v) is 2.13. The van der Waals surface area contributed by atoms with Gasteiger partial charge in [-0.15, -0.1) is 6.58 Å². The van der Waals surface area contributed by atoms with Gasteiger partial charge in [-0.1, -0.05) is 6.08 Å². The lowest BCUT2D eigenvalue weighted by Crippen LogP contribution is -2.03. The largest absolute Gasteiger partial charge is 0.493 e. The van der Waals surface area contributed by atoms with Crippen molar-refractivity contribution in [2.45, 2.75) is 6.61 Å². The molecule has 0 amide bonds. The van der Waals surface area contributed by atoms with Crippen LogP contribution in [0.5, 0.6) is 11.5 Å². The number of carbonyl (C=O) groups is 1. The van der Waals surface area contributed by atoms with Crippen molar-refractivity contribution in [1.29, 1.82) is 0 Å². The third-order valence-electron chi connectivity index (χ3n) is 3.09. The van der Waals surface area contributed by atoms with E-state index in [1.165, 1.54) is 21.3 Å². The van der Waals surface area contributed by atoms with Gasteiger partial charge in [0.25, 0.3) is 0 Å². The van der Waals surface area contributed by atoms with Gasteiger partial charge in [-0.05, 0) is 12.1 Å². The molecule has 118 valence electrons. The summed E-state index contributed by atoms with van der Waals surface area (Å²) < 4.78 is 26.5. The average molecular weight is 306 g/mol. The molecule has 2 rings (SSSR count). The van der Waals surface area contributed by atoms with E-state index >= 15 is 0 Å². The molecule has 0 fully saturated rings. The summed E-state index contributed by atoms with van der Waals surface area (Å²) in [7, 11) is 4.31. The van der Waals surface area contributed by atoms with Crippen LogP contribution in [-0.2, 0) is 16.1 Å². The molecule has 6 nitrogen and oxygen atoms in total. The number of furan rings is 1. The summed E-state index contributed by atoms with van der Waals surface area (Å²) in [5.74, 6) is 0.891. The number of fused-ring (bicyclic) bond motifs is 1. The second-order valence-electron chi connectivity index (χ2n) is 4.41. The standard InChI is InChI=1S/C16H18O6/c1-5-6-21-9-10-7-11-12(16(17)20-4)8-13(18-2)15(19-3)14(11)22-10/h5,7-8H,1,6,9H2,2-4H3. The zero-order valence-corrected chi connectivity index (χ0v) is 12.8. The van der Waals surface area contributed by atoms with Crippen molar-refractivity contribution >= 4 is 16.9 Å². The van der Waals surface area contributed by atoms with Gasteiger partial charge < -0.3 is 23.4 Å². The van der Waals surface area contributed by atoms with Gasteiger partial charge in [0.15, 0.2) is 11.3 Å². The van der Waals surface area contributed by atoms with E-state index in [9.17, 15) is 4.79 Å². The second-order valence-corrected chi connectivity index (χ2v) is 4.41. The highest BCUT2D eigenvalue weighted by Crippen LogP contribution is 2.40. The quantitative estimate of drug-likeness (QED) is 0.445. The van der Waals surface area contributed by atoms with Gasteiger partial charge in [-0.25, -0.2) is 4.79 Å². The average Bonchev–Trinajstić information content (AvgIpc) is 2.96. The first-order valence-corrected chi connectivity index (χ1v) is 6.60. The molecule has 1 aromatic carbocycles. The number of rotatable bonds is 7. The Morgan fingerprint density at radius 1 is 1.27 bits per heavy atom. The van der Waals surface area contributed by atoms with Crippen LogP contribution in [-0.4, -0.2) is 33.9 Å². The van der Waals surface area contributed by atoms with Gasteiger partial charge in [-0.3, -0.25) is 0 Å². The van der Waals surface area contributed by atoms with Crippen LogP contribution >= 0.6 is 0 Å². The predicted octanol–water partition coefficient (Wildman–Crippen LogP) is 2.94. The molecule has 0 saturated heterocycles. The first-order valence-electron chi connectivity index (χ1n) is 6.60. The Balaban J connectivity index is 2.58. The molecule has 0 bridgehead atoms. The highest BCUT2D eigenvalue weighted by Gasteiger charge is 2.22. The minimum absolute atomic E-state index is 0.257. The molecule has 0 radical (unpaired) electrons. The van der Waals surface area contributed by atoms with Crippen LogP contribution in [0.4, 0.5) is 0 Å². The van der Waals surface area contributed by atoms with Crippen molar-refractivity contribution in [3.05, 3.63) is 36.1 Å². The van der Waals surface area contributed by atoms with Crippen molar-refractivity contribution < 1.29 is 28.2 Å². The van der Waals surface area contributed by atoms with E-state index < -0.39 is 5.97 Å². The van der Waals surface area contributed by atoms with Crippen LogP contribution in [0.25, 0.3) is 11.0 Å². The third kappa shape index (κ3) is 2.92. The van der Waals surface area contributed by atoms with Crippen molar-refractivity contribution in [2.24, 2.45) is 0 Å². The molecule has 22 heavy (non-hydrogen) atoms. The summed E-state index contributed by atoms with van der Waals surface area (Å²) in [5.41, 5.74) is 0.758.